The van der Waals surface area contributed by atoms with Crippen LogP contribution in [0.1, 0.15) is 6.92 Å². The van der Waals surface area contributed by atoms with Gasteiger partial charge in [-0.05, 0) is 54.3 Å². The van der Waals surface area contributed by atoms with Crippen LogP contribution in [0.4, 0.5) is 0 Å². The minimum atomic E-state index is 1.63. The maximum atomic E-state index is 8.23. The number of nitrogens with zero attached hydrogens (tertiary/aromatic N) is 1. The Labute approximate surface area is 723 Å². The lowest BCUT2D eigenvalue weighted by molar-refractivity contribution is 1.55. The molecule has 496 valence electrons. The molecular formula is C122H3N. The number of rotatable bonds is 0. The van der Waals surface area contributed by atoms with Gasteiger partial charge in [-0.1, -0.05) is 5.92 Å². The van der Waals surface area contributed by atoms with Crippen molar-refractivity contribution in [3.8, 4) is 717 Å². The molecule has 0 N–H and O–H groups in total. The summed E-state index contributed by atoms with van der Waals surface area (Å²) in [7, 11) is 0. The Morgan fingerprint density at radius 1 is 0.0650 bits per heavy atom. The van der Waals surface area contributed by atoms with Crippen LogP contribution in [0.5, 0.6) is 0 Å². The van der Waals surface area contributed by atoms with Crippen LogP contribution in [-0.4, -0.2) is 0 Å². The molecule has 1 heteroatoms. The fourth-order valence-corrected chi connectivity index (χ4v) is 3.75. The summed E-state index contributed by atoms with van der Waals surface area (Å²) < 4.78 is 0. The van der Waals surface area contributed by atoms with Gasteiger partial charge in [-0.15, -0.1) is 0 Å². The summed E-state index contributed by atoms with van der Waals surface area (Å²) >= 11 is 0. The molecule has 0 aromatic rings. The summed E-state index contributed by atoms with van der Waals surface area (Å²) in [5, 5.41) is 8.23. The first-order valence-corrected chi connectivity index (χ1v) is 30.7. The Bertz CT molecular complexity index is 8630. The van der Waals surface area contributed by atoms with E-state index in [2.05, 4.69) is 710 Å². The summed E-state index contributed by atoms with van der Waals surface area (Å²) in [6.45, 7) is 1.68. The monoisotopic (exact) mass is 1480 g/mol. The van der Waals surface area contributed by atoms with Crippen molar-refractivity contribution in [2.24, 2.45) is 0 Å². The summed E-state index contributed by atoms with van der Waals surface area (Å²) in [6.07, 6.45) is 0. The maximum absolute atomic E-state index is 8.23. The van der Waals surface area contributed by atoms with E-state index in [1.807, 2.05) is 0 Å². The summed E-state index contributed by atoms with van der Waals surface area (Å²) in [6, 6.07) is 1.63. The zero-order valence-electron chi connectivity index (χ0n) is 61.9. The normalized spacial score (nSPS) is 3.97. The molecular weight excluding hydrogens is 1480 g/mol. The SMILES string of the molecule is CC#CC#CC#CC#CC#CC#CC#CC#CC#CC#CC#CC#CC#CC#CC#CC#CC#CC#CC#CC#CC#CC#CC#CC#CC#CC#CC#CC#CC#CC#CC#CC#CC#CC#CC#CC#CC#CC#CC#CC#CC#CC#CC#CC#CC#CC#CC#CC#CC#CC#CC#CC#CC#CC#CC#CC#CC#CC#CC#CC#CC#N. The third-order valence-electron chi connectivity index (χ3n) is 7.56. The summed E-state index contributed by atoms with van der Waals surface area (Å²) in [4.78, 5) is 0. The topological polar surface area (TPSA) is 23.8 Å². The first kappa shape index (κ1) is 96.1. The highest BCUT2D eigenvalue weighted by Gasteiger charge is 1.69. The number of nitriles is 1. The second-order valence-electron chi connectivity index (χ2n) is 15.2. The highest BCUT2D eigenvalue weighted by molar-refractivity contribution is 5.58. The first-order chi connectivity index (χ1) is 61.4. The van der Waals surface area contributed by atoms with Crippen LogP contribution in [0.25, 0.3) is 0 Å². The van der Waals surface area contributed by atoms with Crippen LogP contribution in [0.2, 0.25) is 0 Å². The van der Waals surface area contributed by atoms with Gasteiger partial charge in [-0.2, -0.15) is 5.26 Å². The maximum Gasteiger partial charge on any atom is 0.153 e. The van der Waals surface area contributed by atoms with E-state index >= 15 is 0 Å². The van der Waals surface area contributed by atoms with Gasteiger partial charge in [0.05, 0.1) is 0 Å². The predicted molar refractivity (Wildman–Crippen MR) is 478 cm³/mol. The van der Waals surface area contributed by atoms with Crippen LogP contribution < -0.4 is 0 Å². The Morgan fingerprint density at radius 3 is 0.146 bits per heavy atom. The van der Waals surface area contributed by atoms with E-state index in [1.54, 1.807) is 13.0 Å². The zero-order chi connectivity index (χ0) is 87.6. The van der Waals surface area contributed by atoms with Crippen LogP contribution in [0, 0.1) is 722 Å². The molecule has 1 nitrogen and oxygen atoms in total. The van der Waals surface area contributed by atoms with Crippen LogP contribution >= 0.6 is 0 Å². The van der Waals surface area contributed by atoms with E-state index in [1.165, 1.54) is 0 Å². The molecule has 0 rings (SSSR count). The Morgan fingerprint density at radius 2 is 0.106 bits per heavy atom. The van der Waals surface area contributed by atoms with E-state index in [0.29, 0.717) is 0 Å². The molecule has 0 spiro atoms. The minimum Gasteiger partial charge on any atom is -0.183 e. The molecule has 0 heterocycles. The second-order valence-corrected chi connectivity index (χ2v) is 15.2. The first-order valence-electron chi connectivity index (χ1n) is 30.7. The Balaban J connectivity index is 4.65. The van der Waals surface area contributed by atoms with Crippen molar-refractivity contribution in [3.05, 3.63) is 0 Å². The molecule has 0 radical (unpaired) electrons. The van der Waals surface area contributed by atoms with E-state index < -0.39 is 0 Å². The lowest BCUT2D eigenvalue weighted by atomic mass is 10.4. The smallest absolute Gasteiger partial charge is 0.153 e. The van der Waals surface area contributed by atoms with Gasteiger partial charge in [0.15, 0.2) is 6.07 Å². The molecule has 0 unspecified atom stereocenters. The quantitative estimate of drug-likeness (QED) is 0.329. The largest absolute Gasteiger partial charge is 0.183 e. The lowest BCUT2D eigenvalue weighted by Gasteiger charge is -1.58. The summed E-state index contributed by atoms with van der Waals surface area (Å²) in [5.41, 5.74) is 0. The van der Waals surface area contributed by atoms with Crippen molar-refractivity contribution < 1.29 is 0 Å². The lowest BCUT2D eigenvalue weighted by Crippen LogP contribution is -1.57. The van der Waals surface area contributed by atoms with E-state index in [0.717, 1.165) is 0 Å². The Hall–Kier alpha value is -26.9. The molecule has 0 aliphatic carbocycles. The zero-order valence-corrected chi connectivity index (χ0v) is 61.9. The standard InChI is InChI=1S/C122H3N/c1-2-3-4-5-6-7-8-9-10-11-12-13-14-15-16-17-18-19-20-21-22-23-24-25-26-27-28-29-30-31-32-33-34-35-36-37-38-39-40-41-42-43-44-45-46-47-48-49-50-51-52-53-54-55-56-57-58-59-60-61-62-63-64-65-66-67-68-69-70-71-72-73-74-75-76-77-78-79-80-81-82-83-84-85-86-87-88-89-90-91-92-93-94-95-96-97-98-99-100-101-102-103-104-105-106-107-108-109-110-111-112-113-114-115-116-117-118-119-120-121-122-123/h1H3. The van der Waals surface area contributed by atoms with Crippen molar-refractivity contribution in [1.82, 2.24) is 0 Å². The van der Waals surface area contributed by atoms with Crippen molar-refractivity contribution in [3.63, 3.8) is 0 Å². The molecule has 0 bridgehead atoms. The highest BCUT2D eigenvalue weighted by Crippen LogP contribution is 1.70. The summed E-state index contributed by atoms with van der Waals surface area (Å²) in [5.74, 6) is 299. The average Bonchev–Trinajstić information content (AvgIpc) is 1.42. The van der Waals surface area contributed by atoms with Gasteiger partial charge in [-0.3, -0.25) is 0 Å². The minimum absolute atomic E-state index is 1.63. The predicted octanol–water partition coefficient (Wildman–Crippen LogP) is 0.734. The Kier molecular flexibility index (Phi) is 74.3. The number of hydrogen-bond acceptors (Lipinski definition) is 1. The highest BCUT2D eigenvalue weighted by atomic mass is 14.2. The number of hydrogen-bond donors (Lipinski definition) is 0. The molecule has 0 aliphatic heterocycles. The van der Waals surface area contributed by atoms with E-state index in [9.17, 15) is 0 Å². The molecule has 0 aromatic carbocycles. The van der Waals surface area contributed by atoms with Crippen molar-refractivity contribution in [1.29, 1.82) is 5.26 Å². The molecule has 0 aromatic heterocycles. The van der Waals surface area contributed by atoms with Gasteiger partial charge >= 0.3 is 0 Å². The van der Waals surface area contributed by atoms with Gasteiger partial charge in [0.2, 0.25) is 0 Å². The molecule has 0 saturated carbocycles. The second kappa shape index (κ2) is 95.1. The van der Waals surface area contributed by atoms with Crippen molar-refractivity contribution in [2.45, 2.75) is 6.92 Å². The molecule has 0 atom stereocenters. The van der Waals surface area contributed by atoms with Crippen LogP contribution in [-0.2, 0) is 0 Å². The molecule has 0 fully saturated rings. The van der Waals surface area contributed by atoms with Gasteiger partial charge in [0.25, 0.3) is 0 Å². The fourth-order valence-electron chi connectivity index (χ4n) is 3.75. The van der Waals surface area contributed by atoms with E-state index in [4.69, 9.17) is 5.26 Å². The van der Waals surface area contributed by atoms with Crippen LogP contribution in [0.15, 0.2) is 0 Å². The van der Waals surface area contributed by atoms with Gasteiger partial charge in [0, 0.05) is 657 Å². The van der Waals surface area contributed by atoms with Gasteiger partial charge < -0.3 is 0 Å². The van der Waals surface area contributed by atoms with E-state index in [-0.39, 0.29) is 0 Å². The third-order valence-corrected chi connectivity index (χ3v) is 7.56. The van der Waals surface area contributed by atoms with Crippen molar-refractivity contribution in [2.75, 3.05) is 0 Å². The van der Waals surface area contributed by atoms with Crippen LogP contribution in [0.3, 0.4) is 0 Å². The average molecular weight is 1480 g/mol. The van der Waals surface area contributed by atoms with Crippen molar-refractivity contribution >= 4 is 0 Å². The molecule has 123 heavy (non-hydrogen) atoms. The fraction of sp³-hybridized carbons (Fsp3) is 0.00820. The molecule has 0 saturated heterocycles. The van der Waals surface area contributed by atoms with Gasteiger partial charge in [0.1, 0.15) is 0 Å². The molecule has 0 aliphatic rings. The molecule has 0 amide bonds. The third kappa shape index (κ3) is 95.1. The van der Waals surface area contributed by atoms with Gasteiger partial charge in [-0.25, -0.2) is 0 Å².